The second kappa shape index (κ2) is 5.69. The van der Waals surface area contributed by atoms with Crippen molar-refractivity contribution in [2.75, 3.05) is 19.7 Å². The summed E-state index contributed by atoms with van der Waals surface area (Å²) in [4.78, 5) is 2.28. The topological polar surface area (TPSA) is 58.7 Å². The number of phenols is 1. The Labute approximate surface area is 108 Å². The van der Waals surface area contributed by atoms with Gasteiger partial charge in [-0.3, -0.25) is 4.90 Å². The van der Waals surface area contributed by atoms with Gasteiger partial charge in [0.25, 0.3) is 0 Å². The van der Waals surface area contributed by atoms with Gasteiger partial charge in [-0.2, -0.15) is 0 Å². The minimum absolute atomic E-state index is 0.0407. The van der Waals surface area contributed by atoms with E-state index in [9.17, 15) is 5.11 Å². The monoisotopic (exact) mass is 250 g/mol. The number of nitrogens with zero attached hydrogens (tertiary/aromatic N) is 1. The van der Waals surface area contributed by atoms with Crippen molar-refractivity contribution in [1.82, 2.24) is 4.90 Å². The average molecular weight is 250 g/mol. The predicted octanol–water partition coefficient (Wildman–Crippen LogP) is 1.25. The van der Waals surface area contributed by atoms with Crippen LogP contribution in [0.25, 0.3) is 0 Å². The fourth-order valence-corrected chi connectivity index (χ4v) is 2.28. The van der Waals surface area contributed by atoms with E-state index in [-0.39, 0.29) is 12.1 Å². The lowest BCUT2D eigenvalue weighted by Gasteiger charge is -2.34. The van der Waals surface area contributed by atoms with E-state index in [4.69, 9.17) is 10.5 Å². The molecule has 2 atom stereocenters. The van der Waals surface area contributed by atoms with Gasteiger partial charge in [0.15, 0.2) is 0 Å². The van der Waals surface area contributed by atoms with Gasteiger partial charge < -0.3 is 15.6 Å². The van der Waals surface area contributed by atoms with Crippen LogP contribution >= 0.6 is 0 Å². The number of aromatic hydroxyl groups is 1. The van der Waals surface area contributed by atoms with Crippen LogP contribution in [-0.2, 0) is 11.3 Å². The molecular weight excluding hydrogens is 228 g/mol. The van der Waals surface area contributed by atoms with E-state index in [1.54, 1.807) is 6.07 Å². The van der Waals surface area contributed by atoms with E-state index in [0.717, 1.165) is 25.2 Å². The molecule has 4 heteroatoms. The zero-order chi connectivity index (χ0) is 13.1. The van der Waals surface area contributed by atoms with Crippen molar-refractivity contribution in [2.45, 2.75) is 32.5 Å². The lowest BCUT2D eigenvalue weighted by molar-refractivity contribution is -0.0405. The van der Waals surface area contributed by atoms with Crippen molar-refractivity contribution in [3.05, 3.63) is 29.3 Å². The molecule has 3 N–H and O–H groups in total. The van der Waals surface area contributed by atoms with Crippen molar-refractivity contribution < 1.29 is 9.84 Å². The Hall–Kier alpha value is -1.10. The zero-order valence-corrected chi connectivity index (χ0v) is 11.1. The van der Waals surface area contributed by atoms with E-state index < -0.39 is 0 Å². The maximum atomic E-state index is 9.86. The third kappa shape index (κ3) is 3.22. The largest absolute Gasteiger partial charge is 0.508 e. The molecule has 100 valence electrons. The molecule has 18 heavy (non-hydrogen) atoms. The van der Waals surface area contributed by atoms with Crippen LogP contribution in [0.15, 0.2) is 18.2 Å². The number of ether oxygens (including phenoxy) is 1. The first-order chi connectivity index (χ1) is 8.56. The SMILES string of the molecule is Cc1ccc(O)c(CN2CCOC(C(C)N)C2)c1. The highest BCUT2D eigenvalue weighted by Gasteiger charge is 2.23. The number of hydrogen-bond donors (Lipinski definition) is 2. The minimum Gasteiger partial charge on any atom is -0.508 e. The number of phenolic OH excluding ortho intramolecular Hbond substituents is 1. The summed E-state index contributed by atoms with van der Waals surface area (Å²) < 4.78 is 5.63. The number of hydrogen-bond acceptors (Lipinski definition) is 4. The molecule has 1 saturated heterocycles. The molecule has 2 rings (SSSR count). The average Bonchev–Trinajstić information content (AvgIpc) is 2.34. The van der Waals surface area contributed by atoms with E-state index in [2.05, 4.69) is 4.90 Å². The van der Waals surface area contributed by atoms with Crippen LogP contribution in [0.4, 0.5) is 0 Å². The molecule has 1 aliphatic rings. The summed E-state index contributed by atoms with van der Waals surface area (Å²) in [6, 6.07) is 5.75. The van der Waals surface area contributed by atoms with Gasteiger partial charge in [-0.1, -0.05) is 17.7 Å². The molecule has 0 aliphatic carbocycles. The van der Waals surface area contributed by atoms with Gasteiger partial charge in [-0.05, 0) is 19.9 Å². The van der Waals surface area contributed by atoms with Gasteiger partial charge in [0.05, 0.1) is 12.7 Å². The molecule has 0 bridgehead atoms. The van der Waals surface area contributed by atoms with E-state index in [0.29, 0.717) is 12.4 Å². The van der Waals surface area contributed by atoms with Crippen LogP contribution < -0.4 is 5.73 Å². The third-order valence-electron chi connectivity index (χ3n) is 3.39. The molecule has 4 nitrogen and oxygen atoms in total. The predicted molar refractivity (Wildman–Crippen MR) is 71.5 cm³/mol. The Morgan fingerprint density at radius 1 is 1.56 bits per heavy atom. The molecule has 0 spiro atoms. The Balaban J connectivity index is 2.02. The molecule has 1 aromatic rings. The molecule has 1 aliphatic heterocycles. The summed E-state index contributed by atoms with van der Waals surface area (Å²) in [5.74, 6) is 0.365. The van der Waals surface area contributed by atoms with Gasteiger partial charge >= 0.3 is 0 Å². The summed E-state index contributed by atoms with van der Waals surface area (Å²) in [5.41, 5.74) is 8.01. The molecule has 0 aromatic heterocycles. The van der Waals surface area contributed by atoms with Crippen LogP contribution in [-0.4, -0.2) is 41.8 Å². The zero-order valence-electron chi connectivity index (χ0n) is 11.1. The smallest absolute Gasteiger partial charge is 0.120 e. The summed E-state index contributed by atoms with van der Waals surface area (Å²) >= 11 is 0. The standard InChI is InChI=1S/C14H22N2O2/c1-10-3-4-13(17)12(7-10)8-16-5-6-18-14(9-16)11(2)15/h3-4,7,11,14,17H,5-6,8-9,15H2,1-2H3. The fraction of sp³-hybridized carbons (Fsp3) is 0.571. The van der Waals surface area contributed by atoms with Crippen molar-refractivity contribution in [3.8, 4) is 5.75 Å². The first-order valence-corrected chi connectivity index (χ1v) is 6.44. The van der Waals surface area contributed by atoms with Crippen LogP contribution in [0.1, 0.15) is 18.1 Å². The molecule has 1 heterocycles. The van der Waals surface area contributed by atoms with E-state index in [1.807, 2.05) is 26.0 Å². The van der Waals surface area contributed by atoms with Crippen LogP contribution in [0.3, 0.4) is 0 Å². The van der Waals surface area contributed by atoms with Crippen molar-refractivity contribution in [1.29, 1.82) is 0 Å². The summed E-state index contributed by atoms with van der Waals surface area (Å²) in [6.07, 6.45) is 0.0886. The maximum Gasteiger partial charge on any atom is 0.120 e. The first kappa shape index (κ1) is 13.3. The molecule has 2 unspecified atom stereocenters. The van der Waals surface area contributed by atoms with Gasteiger partial charge in [-0.25, -0.2) is 0 Å². The van der Waals surface area contributed by atoms with Crippen molar-refractivity contribution >= 4 is 0 Å². The molecule has 1 fully saturated rings. The van der Waals surface area contributed by atoms with Crippen molar-refractivity contribution in [3.63, 3.8) is 0 Å². The highest BCUT2D eigenvalue weighted by molar-refractivity contribution is 5.35. The third-order valence-corrected chi connectivity index (χ3v) is 3.39. The van der Waals surface area contributed by atoms with Gasteiger partial charge in [0.1, 0.15) is 5.75 Å². The van der Waals surface area contributed by atoms with E-state index in [1.165, 1.54) is 5.56 Å². The quantitative estimate of drug-likeness (QED) is 0.847. The Morgan fingerprint density at radius 2 is 2.33 bits per heavy atom. The highest BCUT2D eigenvalue weighted by atomic mass is 16.5. The van der Waals surface area contributed by atoms with Crippen LogP contribution in [0, 0.1) is 6.92 Å². The fourth-order valence-electron chi connectivity index (χ4n) is 2.28. The molecule has 0 saturated carbocycles. The van der Waals surface area contributed by atoms with Crippen LogP contribution in [0.5, 0.6) is 5.75 Å². The molecule has 1 aromatic carbocycles. The van der Waals surface area contributed by atoms with Gasteiger partial charge in [0.2, 0.25) is 0 Å². The highest BCUT2D eigenvalue weighted by Crippen LogP contribution is 2.21. The lowest BCUT2D eigenvalue weighted by atomic mass is 10.1. The Bertz CT molecular complexity index is 407. The summed E-state index contributed by atoms with van der Waals surface area (Å²) in [6.45, 7) is 7.17. The molecule has 0 radical (unpaired) electrons. The van der Waals surface area contributed by atoms with Gasteiger partial charge in [0, 0.05) is 31.2 Å². The molecule has 0 amide bonds. The number of morpholine rings is 1. The first-order valence-electron chi connectivity index (χ1n) is 6.44. The number of benzene rings is 1. The van der Waals surface area contributed by atoms with Gasteiger partial charge in [-0.15, -0.1) is 0 Å². The Kier molecular flexibility index (Phi) is 4.22. The normalized spacial score (nSPS) is 22.9. The Morgan fingerprint density at radius 3 is 3.06 bits per heavy atom. The summed E-state index contributed by atoms with van der Waals surface area (Å²) in [5, 5.41) is 9.86. The molecular formula is C14H22N2O2. The van der Waals surface area contributed by atoms with E-state index >= 15 is 0 Å². The maximum absolute atomic E-state index is 9.86. The van der Waals surface area contributed by atoms with Crippen molar-refractivity contribution in [2.24, 2.45) is 5.73 Å². The second-order valence-corrected chi connectivity index (χ2v) is 5.14. The number of rotatable bonds is 3. The minimum atomic E-state index is 0.0407. The van der Waals surface area contributed by atoms with Crippen LogP contribution in [0.2, 0.25) is 0 Å². The second-order valence-electron chi connectivity index (χ2n) is 5.14. The summed E-state index contributed by atoms with van der Waals surface area (Å²) in [7, 11) is 0. The number of nitrogens with two attached hydrogens (primary N) is 1. The lowest BCUT2D eigenvalue weighted by Crippen LogP contribution is -2.49. The number of aryl methyl sites for hydroxylation is 1.